The minimum atomic E-state index is -0.884. The maximum absolute atomic E-state index is 13.1. The van der Waals surface area contributed by atoms with E-state index in [0.29, 0.717) is 22.7 Å². The van der Waals surface area contributed by atoms with Crippen LogP contribution in [0.1, 0.15) is 34.3 Å². The third-order valence-electron chi connectivity index (χ3n) is 5.08. The van der Waals surface area contributed by atoms with Crippen molar-refractivity contribution in [1.29, 1.82) is 0 Å². The fourth-order valence-corrected chi connectivity index (χ4v) is 3.86. The van der Waals surface area contributed by atoms with E-state index in [2.05, 4.69) is 24.9 Å². The van der Waals surface area contributed by atoms with Crippen molar-refractivity contribution in [2.24, 2.45) is 10.7 Å². The van der Waals surface area contributed by atoms with E-state index in [1.165, 1.54) is 0 Å². The largest absolute Gasteiger partial charge is 0.402 e. The maximum atomic E-state index is 13.1. The molecule has 1 heterocycles. The second kappa shape index (κ2) is 9.86. The molecular formula is C23H27N4O3P. The Bertz CT molecular complexity index is 1040. The number of aliphatic hydroxyl groups is 1. The maximum Gasteiger partial charge on any atom is 0.251 e. The lowest BCUT2D eigenvalue weighted by Gasteiger charge is -2.35. The predicted octanol–water partition coefficient (Wildman–Crippen LogP) is 1.13. The van der Waals surface area contributed by atoms with Crippen molar-refractivity contribution in [3.05, 3.63) is 76.5 Å². The fourth-order valence-electron chi connectivity index (χ4n) is 3.67. The minimum Gasteiger partial charge on any atom is -0.402 e. The number of amidine groups is 1. The number of piperidine rings is 1. The zero-order chi connectivity index (χ0) is 22.5. The lowest BCUT2D eigenvalue weighted by atomic mass is 9.80. The normalized spacial score (nSPS) is 21.5. The van der Waals surface area contributed by atoms with Crippen LogP contribution in [0.3, 0.4) is 0 Å². The molecule has 2 aromatic carbocycles. The highest BCUT2D eigenvalue weighted by atomic mass is 31.0. The van der Waals surface area contributed by atoms with Crippen molar-refractivity contribution in [1.82, 2.24) is 10.6 Å². The first-order valence-corrected chi connectivity index (χ1v) is 10.5. The summed E-state index contributed by atoms with van der Waals surface area (Å²) < 4.78 is 0. The highest BCUT2D eigenvalue weighted by Crippen LogP contribution is 2.33. The first kappa shape index (κ1) is 22.7. The molecule has 0 bridgehead atoms. The van der Waals surface area contributed by atoms with Crippen LogP contribution in [0.15, 0.2) is 64.8 Å². The van der Waals surface area contributed by atoms with Crippen molar-refractivity contribution in [2.75, 3.05) is 13.2 Å². The molecule has 5 N–H and O–H groups in total. The van der Waals surface area contributed by atoms with Gasteiger partial charge in [-0.15, -0.1) is 9.24 Å². The number of aliphatic imine (C=N–C) groups is 1. The third-order valence-corrected chi connectivity index (χ3v) is 5.47. The molecule has 1 aliphatic heterocycles. The van der Waals surface area contributed by atoms with E-state index in [-0.39, 0.29) is 25.0 Å². The van der Waals surface area contributed by atoms with Crippen LogP contribution in [0.4, 0.5) is 0 Å². The Hall–Kier alpha value is -3.02. The van der Waals surface area contributed by atoms with Gasteiger partial charge in [0.25, 0.3) is 5.91 Å². The molecule has 1 fully saturated rings. The first-order valence-electron chi connectivity index (χ1n) is 9.97. The number of amides is 2. The number of benzene rings is 2. The van der Waals surface area contributed by atoms with Crippen molar-refractivity contribution >= 4 is 32.2 Å². The lowest BCUT2D eigenvalue weighted by Crippen LogP contribution is -2.57. The summed E-state index contributed by atoms with van der Waals surface area (Å²) in [5.41, 5.74) is 9.58. The Balaban J connectivity index is 2.07. The predicted molar refractivity (Wildman–Crippen MR) is 125 cm³/mol. The molecule has 0 aromatic heterocycles. The van der Waals surface area contributed by atoms with E-state index in [9.17, 15) is 14.7 Å². The topological polar surface area (TPSA) is 117 Å². The number of hydrogen-bond donors (Lipinski definition) is 4. The van der Waals surface area contributed by atoms with Crippen molar-refractivity contribution in [2.45, 2.75) is 25.8 Å². The molecule has 31 heavy (non-hydrogen) atoms. The van der Waals surface area contributed by atoms with E-state index < -0.39 is 12.0 Å². The molecule has 2 amide bonds. The van der Waals surface area contributed by atoms with Gasteiger partial charge in [0, 0.05) is 22.8 Å². The van der Waals surface area contributed by atoms with Crippen LogP contribution in [-0.2, 0) is 4.79 Å². The second-order valence-corrected chi connectivity index (χ2v) is 8.17. The van der Waals surface area contributed by atoms with Crippen molar-refractivity contribution in [3.8, 4) is 0 Å². The summed E-state index contributed by atoms with van der Waals surface area (Å²) in [5.74, 6) is -0.945. The molecule has 162 valence electrons. The van der Waals surface area contributed by atoms with Gasteiger partial charge in [-0.2, -0.15) is 0 Å². The highest BCUT2D eigenvalue weighted by molar-refractivity contribution is 7.27. The zero-order valence-corrected chi connectivity index (χ0v) is 18.7. The molecule has 3 rings (SSSR count). The van der Waals surface area contributed by atoms with Gasteiger partial charge in [-0.3, -0.25) is 14.6 Å². The molecule has 0 radical (unpaired) electrons. The Kier molecular flexibility index (Phi) is 7.21. The monoisotopic (exact) mass is 438 g/mol. The van der Waals surface area contributed by atoms with Gasteiger partial charge in [0.15, 0.2) is 0 Å². The average molecular weight is 438 g/mol. The Morgan fingerprint density at radius 3 is 2.58 bits per heavy atom. The van der Waals surface area contributed by atoms with Gasteiger partial charge in [0.2, 0.25) is 5.91 Å². The number of nitrogens with zero attached hydrogens (tertiary/aromatic N) is 1. The fraction of sp³-hybridized carbons (Fsp3) is 0.261. The van der Waals surface area contributed by atoms with E-state index >= 15 is 0 Å². The molecule has 8 heteroatoms. The summed E-state index contributed by atoms with van der Waals surface area (Å²) >= 11 is 0. The van der Waals surface area contributed by atoms with Gasteiger partial charge in [-0.05, 0) is 36.8 Å². The summed E-state index contributed by atoms with van der Waals surface area (Å²) in [6.45, 7) is 3.61. The van der Waals surface area contributed by atoms with Crippen molar-refractivity contribution < 1.29 is 14.7 Å². The van der Waals surface area contributed by atoms with Crippen LogP contribution in [0.2, 0.25) is 0 Å². The van der Waals surface area contributed by atoms with E-state index in [0.717, 1.165) is 16.4 Å². The Morgan fingerprint density at radius 2 is 1.97 bits per heavy atom. The van der Waals surface area contributed by atoms with Gasteiger partial charge >= 0.3 is 0 Å². The smallest absolute Gasteiger partial charge is 0.251 e. The van der Waals surface area contributed by atoms with Crippen molar-refractivity contribution in [3.63, 3.8) is 0 Å². The van der Waals surface area contributed by atoms with Crippen LogP contribution >= 0.6 is 9.24 Å². The van der Waals surface area contributed by atoms with Crippen LogP contribution in [-0.4, -0.2) is 41.9 Å². The van der Waals surface area contributed by atoms with Crippen LogP contribution in [0.25, 0.3) is 0 Å². The quantitative estimate of drug-likeness (QED) is 0.524. The van der Waals surface area contributed by atoms with Crippen LogP contribution in [0.5, 0.6) is 0 Å². The molecule has 0 aliphatic carbocycles. The number of aryl methyl sites for hydroxylation is 1. The number of rotatable bonds is 5. The molecule has 3 atom stereocenters. The summed E-state index contributed by atoms with van der Waals surface area (Å²) in [5, 5.41) is 15.8. The van der Waals surface area contributed by atoms with Gasteiger partial charge in [-0.25, -0.2) is 0 Å². The van der Waals surface area contributed by atoms with Crippen LogP contribution in [0, 0.1) is 6.92 Å². The number of carbonyl (C=O) groups is 2. The summed E-state index contributed by atoms with van der Waals surface area (Å²) in [6.07, 6.45) is 0. The highest BCUT2D eigenvalue weighted by Gasteiger charge is 2.41. The molecule has 1 saturated heterocycles. The number of allylic oxidation sites excluding steroid dienone is 1. The average Bonchev–Trinajstić information content (AvgIpc) is 2.73. The minimum absolute atomic E-state index is 0.129. The van der Waals surface area contributed by atoms with Gasteiger partial charge in [0.05, 0.1) is 13.2 Å². The van der Waals surface area contributed by atoms with Gasteiger partial charge in [0.1, 0.15) is 11.9 Å². The number of hydrogen-bond acceptors (Lipinski definition) is 5. The Labute approximate surface area is 184 Å². The SMILES string of the molecule is C/C(N)=C1/C(=NCCO)NC(=O)C(NC(=O)c2cccc(C)c2)C1c1ccc(P)cc1. The molecular weight excluding hydrogens is 411 g/mol. The summed E-state index contributed by atoms with van der Waals surface area (Å²) in [6, 6.07) is 13.9. The third kappa shape index (κ3) is 5.19. The summed E-state index contributed by atoms with van der Waals surface area (Å²) in [4.78, 5) is 30.4. The molecule has 2 aromatic rings. The van der Waals surface area contributed by atoms with E-state index in [1.807, 2.05) is 37.3 Å². The number of nitrogens with one attached hydrogen (secondary N) is 2. The standard InChI is InChI=1S/C23H27N4O3P/c1-13-4-3-5-16(12-13)22(29)26-20-19(15-6-8-17(31)9-7-15)18(14(2)24)21(25-10-11-28)27-23(20)30/h3-9,12,19-20,28H,10-11,24,31H2,1-2H3,(H,26,29)(H,25,27,30)/b18-14-. The van der Waals surface area contributed by atoms with Crippen LogP contribution < -0.4 is 21.7 Å². The number of carbonyl (C=O) groups excluding carboxylic acids is 2. The second-order valence-electron chi connectivity index (χ2n) is 7.50. The molecule has 1 aliphatic rings. The lowest BCUT2D eigenvalue weighted by molar-refractivity contribution is -0.122. The van der Waals surface area contributed by atoms with E-state index in [4.69, 9.17) is 5.73 Å². The first-order chi connectivity index (χ1) is 14.8. The molecule has 0 saturated carbocycles. The Morgan fingerprint density at radius 1 is 1.26 bits per heavy atom. The van der Waals surface area contributed by atoms with Gasteiger partial charge in [-0.1, -0.05) is 42.0 Å². The zero-order valence-electron chi connectivity index (χ0n) is 17.6. The molecule has 0 spiro atoms. The molecule has 7 nitrogen and oxygen atoms in total. The number of nitrogens with two attached hydrogens (primary N) is 1. The summed E-state index contributed by atoms with van der Waals surface area (Å²) in [7, 11) is 2.62. The van der Waals surface area contributed by atoms with Gasteiger partial charge < -0.3 is 21.5 Å². The number of aliphatic hydroxyl groups excluding tert-OH is 1. The molecule has 3 unspecified atom stereocenters. The van der Waals surface area contributed by atoms with E-state index in [1.54, 1.807) is 25.1 Å².